The van der Waals surface area contributed by atoms with E-state index in [1.165, 1.54) is 0 Å². The standard InChI is InChI=1S/C21H14ClN3/c22-17-9-7-15(8-10-17)16-13-20(18-5-1-3-11-23-18)25-21(14-16)19-6-2-4-12-24-19/h1-14H. The quantitative estimate of drug-likeness (QED) is 0.491. The van der Waals surface area contributed by atoms with Gasteiger partial charge in [0.1, 0.15) is 0 Å². The first kappa shape index (κ1) is 15.5. The summed E-state index contributed by atoms with van der Waals surface area (Å²) < 4.78 is 0. The average molecular weight is 344 g/mol. The van der Waals surface area contributed by atoms with E-state index in [4.69, 9.17) is 16.6 Å². The third-order valence-corrected chi connectivity index (χ3v) is 4.11. The minimum absolute atomic E-state index is 0.715. The van der Waals surface area contributed by atoms with Crippen molar-refractivity contribution < 1.29 is 0 Å². The molecular weight excluding hydrogens is 330 g/mol. The minimum Gasteiger partial charge on any atom is -0.255 e. The van der Waals surface area contributed by atoms with Crippen LogP contribution in [0.4, 0.5) is 0 Å². The van der Waals surface area contributed by atoms with Gasteiger partial charge in [-0.3, -0.25) is 9.97 Å². The van der Waals surface area contributed by atoms with E-state index in [9.17, 15) is 0 Å². The summed E-state index contributed by atoms with van der Waals surface area (Å²) in [5, 5.41) is 0.715. The molecule has 0 unspecified atom stereocenters. The van der Waals surface area contributed by atoms with E-state index in [1.54, 1.807) is 12.4 Å². The second kappa shape index (κ2) is 6.83. The number of pyridine rings is 3. The van der Waals surface area contributed by atoms with E-state index < -0.39 is 0 Å². The topological polar surface area (TPSA) is 38.7 Å². The van der Waals surface area contributed by atoms with Crippen LogP contribution in [0.25, 0.3) is 33.9 Å². The summed E-state index contributed by atoms with van der Waals surface area (Å²) in [4.78, 5) is 13.6. The summed E-state index contributed by atoms with van der Waals surface area (Å²) in [6, 6.07) is 23.5. The number of aromatic nitrogens is 3. The number of hydrogen-bond acceptors (Lipinski definition) is 3. The Hall–Kier alpha value is -3.04. The maximum atomic E-state index is 6.02. The molecule has 4 heteroatoms. The Morgan fingerprint density at radius 2 is 1.12 bits per heavy atom. The predicted molar refractivity (Wildman–Crippen MR) is 101 cm³/mol. The molecule has 0 amide bonds. The van der Waals surface area contributed by atoms with Gasteiger partial charge in [0.15, 0.2) is 0 Å². The Kier molecular flexibility index (Phi) is 4.23. The van der Waals surface area contributed by atoms with Crippen molar-refractivity contribution in [2.24, 2.45) is 0 Å². The summed E-state index contributed by atoms with van der Waals surface area (Å²) in [6.07, 6.45) is 3.54. The van der Waals surface area contributed by atoms with Crippen LogP contribution < -0.4 is 0 Å². The fourth-order valence-electron chi connectivity index (χ4n) is 2.63. The van der Waals surface area contributed by atoms with Crippen LogP contribution in [0.15, 0.2) is 85.2 Å². The Balaban J connectivity index is 1.90. The fourth-order valence-corrected chi connectivity index (χ4v) is 2.76. The predicted octanol–water partition coefficient (Wildman–Crippen LogP) is 5.53. The molecule has 1 aromatic carbocycles. The first-order chi connectivity index (χ1) is 12.3. The molecule has 0 atom stereocenters. The van der Waals surface area contributed by atoms with Gasteiger partial charge in [0.05, 0.1) is 22.8 Å². The molecule has 0 saturated heterocycles. The molecule has 120 valence electrons. The molecule has 0 aliphatic carbocycles. The number of hydrogen-bond donors (Lipinski definition) is 0. The molecule has 3 heterocycles. The molecule has 3 nitrogen and oxygen atoms in total. The lowest BCUT2D eigenvalue weighted by atomic mass is 10.0. The van der Waals surface area contributed by atoms with E-state index in [-0.39, 0.29) is 0 Å². The van der Waals surface area contributed by atoms with Crippen LogP contribution in [-0.4, -0.2) is 15.0 Å². The zero-order chi connectivity index (χ0) is 17.1. The van der Waals surface area contributed by atoms with Crippen molar-refractivity contribution in [1.29, 1.82) is 0 Å². The molecule has 3 aromatic heterocycles. The van der Waals surface area contributed by atoms with Crippen molar-refractivity contribution in [1.82, 2.24) is 15.0 Å². The van der Waals surface area contributed by atoms with Crippen LogP contribution in [0.1, 0.15) is 0 Å². The van der Waals surface area contributed by atoms with E-state index in [0.29, 0.717) is 5.02 Å². The van der Waals surface area contributed by atoms with Crippen LogP contribution in [0.5, 0.6) is 0 Å². The SMILES string of the molecule is Clc1ccc(-c2cc(-c3ccccn3)nc(-c3ccccn3)c2)cc1. The zero-order valence-corrected chi connectivity index (χ0v) is 14.1. The minimum atomic E-state index is 0.715. The molecule has 0 saturated carbocycles. The Labute approximate surface area is 151 Å². The fraction of sp³-hybridized carbons (Fsp3) is 0. The molecule has 4 aromatic rings. The second-order valence-corrected chi connectivity index (χ2v) is 6.00. The van der Waals surface area contributed by atoms with Crippen LogP contribution in [0.2, 0.25) is 5.02 Å². The highest BCUT2D eigenvalue weighted by Gasteiger charge is 2.10. The van der Waals surface area contributed by atoms with Gasteiger partial charge in [-0.2, -0.15) is 0 Å². The Morgan fingerprint density at radius 1 is 0.560 bits per heavy atom. The Morgan fingerprint density at radius 3 is 1.60 bits per heavy atom. The van der Waals surface area contributed by atoms with Crippen molar-refractivity contribution in [2.75, 3.05) is 0 Å². The van der Waals surface area contributed by atoms with E-state index in [1.807, 2.05) is 72.8 Å². The molecule has 0 aliphatic rings. The maximum Gasteiger partial charge on any atom is 0.0900 e. The lowest BCUT2D eigenvalue weighted by Gasteiger charge is -2.09. The normalized spacial score (nSPS) is 10.6. The molecule has 0 spiro atoms. The van der Waals surface area contributed by atoms with Crippen LogP contribution in [0.3, 0.4) is 0 Å². The van der Waals surface area contributed by atoms with Gasteiger partial charge in [-0.1, -0.05) is 35.9 Å². The zero-order valence-electron chi connectivity index (χ0n) is 13.3. The molecule has 0 radical (unpaired) electrons. The smallest absolute Gasteiger partial charge is 0.0900 e. The summed E-state index contributed by atoms with van der Waals surface area (Å²) in [5.74, 6) is 0. The van der Waals surface area contributed by atoms with Crippen molar-refractivity contribution in [3.63, 3.8) is 0 Å². The third-order valence-electron chi connectivity index (χ3n) is 3.86. The van der Waals surface area contributed by atoms with Crippen molar-refractivity contribution in [2.45, 2.75) is 0 Å². The number of halogens is 1. The van der Waals surface area contributed by atoms with Gasteiger partial charge in [-0.15, -0.1) is 0 Å². The molecule has 25 heavy (non-hydrogen) atoms. The lowest BCUT2D eigenvalue weighted by molar-refractivity contribution is 1.22. The van der Waals surface area contributed by atoms with Gasteiger partial charge in [0, 0.05) is 17.4 Å². The first-order valence-electron chi connectivity index (χ1n) is 7.90. The third kappa shape index (κ3) is 3.42. The largest absolute Gasteiger partial charge is 0.255 e. The average Bonchev–Trinajstić information content (AvgIpc) is 2.69. The molecule has 0 bridgehead atoms. The lowest BCUT2D eigenvalue weighted by Crippen LogP contribution is -1.93. The summed E-state index contributed by atoms with van der Waals surface area (Å²) in [6.45, 7) is 0. The summed E-state index contributed by atoms with van der Waals surface area (Å²) in [7, 11) is 0. The summed E-state index contributed by atoms with van der Waals surface area (Å²) >= 11 is 6.02. The molecule has 0 fully saturated rings. The maximum absolute atomic E-state index is 6.02. The highest BCUT2D eigenvalue weighted by Crippen LogP contribution is 2.29. The van der Waals surface area contributed by atoms with Gasteiger partial charge < -0.3 is 0 Å². The molecule has 0 N–H and O–H groups in total. The second-order valence-electron chi connectivity index (χ2n) is 5.56. The molecular formula is C21H14ClN3. The number of nitrogens with zero attached hydrogens (tertiary/aromatic N) is 3. The van der Waals surface area contributed by atoms with Gasteiger partial charge in [-0.05, 0) is 59.7 Å². The first-order valence-corrected chi connectivity index (χ1v) is 8.28. The van der Waals surface area contributed by atoms with E-state index in [2.05, 4.69) is 9.97 Å². The Bertz CT molecular complexity index is 927. The van der Waals surface area contributed by atoms with Crippen LogP contribution in [-0.2, 0) is 0 Å². The number of benzene rings is 1. The van der Waals surface area contributed by atoms with Gasteiger partial charge in [0.25, 0.3) is 0 Å². The number of rotatable bonds is 3. The van der Waals surface area contributed by atoms with Crippen molar-refractivity contribution in [3.05, 3.63) is 90.2 Å². The molecule has 4 rings (SSSR count). The van der Waals surface area contributed by atoms with Crippen LogP contribution in [0, 0.1) is 0 Å². The molecule has 0 aliphatic heterocycles. The highest BCUT2D eigenvalue weighted by molar-refractivity contribution is 6.30. The van der Waals surface area contributed by atoms with Gasteiger partial charge in [0.2, 0.25) is 0 Å². The van der Waals surface area contributed by atoms with Gasteiger partial charge in [-0.25, -0.2) is 4.98 Å². The summed E-state index contributed by atoms with van der Waals surface area (Å²) in [5.41, 5.74) is 5.41. The van der Waals surface area contributed by atoms with Gasteiger partial charge >= 0.3 is 0 Å². The highest BCUT2D eigenvalue weighted by atomic mass is 35.5. The van der Waals surface area contributed by atoms with Crippen molar-refractivity contribution in [3.8, 4) is 33.9 Å². The van der Waals surface area contributed by atoms with E-state index in [0.717, 1.165) is 33.9 Å². The van der Waals surface area contributed by atoms with Crippen molar-refractivity contribution >= 4 is 11.6 Å². The monoisotopic (exact) mass is 343 g/mol. The van der Waals surface area contributed by atoms with Crippen LogP contribution >= 0.6 is 11.6 Å². The van der Waals surface area contributed by atoms with E-state index >= 15 is 0 Å².